The zero-order valence-electron chi connectivity index (χ0n) is 10.4. The molecule has 19 heavy (non-hydrogen) atoms. The zero-order chi connectivity index (χ0) is 13.8. The molecule has 0 bridgehead atoms. The van der Waals surface area contributed by atoms with E-state index in [-0.39, 0.29) is 11.3 Å². The minimum absolute atomic E-state index is 0.0771. The maximum Gasteiger partial charge on any atom is 0.341 e. The minimum atomic E-state index is -0.546. The van der Waals surface area contributed by atoms with E-state index >= 15 is 0 Å². The molecule has 0 saturated carbocycles. The van der Waals surface area contributed by atoms with E-state index in [1.165, 1.54) is 13.2 Å². The fraction of sp³-hybridized carbons (Fsp3) is 0.133. The molecule has 2 aromatic rings. The first-order chi connectivity index (χ1) is 9.10. The molecule has 0 amide bonds. The van der Waals surface area contributed by atoms with Crippen molar-refractivity contribution in [2.24, 2.45) is 0 Å². The lowest BCUT2D eigenvalue weighted by Gasteiger charge is -2.06. The average Bonchev–Trinajstić information content (AvgIpc) is 2.42. The summed E-state index contributed by atoms with van der Waals surface area (Å²) in [6.07, 6.45) is 0.654. The first-order valence-corrected chi connectivity index (χ1v) is 6.12. The van der Waals surface area contributed by atoms with Gasteiger partial charge in [0.25, 0.3) is 0 Å². The molecule has 0 aliphatic heterocycles. The Labute approximate surface area is 116 Å². The molecule has 4 heteroatoms. The predicted molar refractivity (Wildman–Crippen MR) is 73.7 cm³/mol. The van der Waals surface area contributed by atoms with Crippen LogP contribution < -0.4 is 0 Å². The fourth-order valence-corrected chi connectivity index (χ4v) is 1.93. The number of ether oxygens (including phenoxy) is 1. The highest BCUT2D eigenvalue weighted by Gasteiger charge is 2.12. The van der Waals surface area contributed by atoms with Gasteiger partial charge >= 0.3 is 5.97 Å². The smallest absolute Gasteiger partial charge is 0.341 e. The Morgan fingerprint density at radius 2 is 1.79 bits per heavy atom. The maximum atomic E-state index is 11.5. The summed E-state index contributed by atoms with van der Waals surface area (Å²) in [7, 11) is 1.29. The third-order valence-corrected chi connectivity index (χ3v) is 3.04. The van der Waals surface area contributed by atoms with E-state index in [1.807, 2.05) is 24.3 Å². The molecule has 0 radical (unpaired) electrons. The standard InChI is InChI=1S/C15H13ClO3/c1-19-15(18)13-9-11(4-7-14(13)17)8-10-2-5-12(16)6-3-10/h2-7,9,17H,8H2,1H3. The van der Waals surface area contributed by atoms with Crippen molar-refractivity contribution in [1.29, 1.82) is 0 Å². The van der Waals surface area contributed by atoms with Crippen molar-refractivity contribution in [2.75, 3.05) is 7.11 Å². The summed E-state index contributed by atoms with van der Waals surface area (Å²) < 4.78 is 4.62. The van der Waals surface area contributed by atoms with Gasteiger partial charge in [0.1, 0.15) is 11.3 Å². The van der Waals surface area contributed by atoms with Gasteiger partial charge in [-0.25, -0.2) is 4.79 Å². The molecule has 2 rings (SSSR count). The highest BCUT2D eigenvalue weighted by molar-refractivity contribution is 6.30. The minimum Gasteiger partial charge on any atom is -0.507 e. The number of esters is 1. The van der Waals surface area contributed by atoms with Crippen molar-refractivity contribution in [2.45, 2.75) is 6.42 Å². The summed E-state index contributed by atoms with van der Waals surface area (Å²) in [6, 6.07) is 12.4. The molecule has 1 N–H and O–H groups in total. The van der Waals surface area contributed by atoms with Crippen LogP contribution in [0.25, 0.3) is 0 Å². The first-order valence-electron chi connectivity index (χ1n) is 5.75. The van der Waals surface area contributed by atoms with E-state index in [2.05, 4.69) is 4.74 Å². The van der Waals surface area contributed by atoms with Crippen LogP contribution in [0.1, 0.15) is 21.5 Å². The number of methoxy groups -OCH3 is 1. The van der Waals surface area contributed by atoms with Crippen LogP contribution in [-0.4, -0.2) is 18.2 Å². The van der Waals surface area contributed by atoms with E-state index in [1.54, 1.807) is 12.1 Å². The van der Waals surface area contributed by atoms with Crippen LogP contribution in [0.2, 0.25) is 5.02 Å². The van der Waals surface area contributed by atoms with E-state index in [4.69, 9.17) is 11.6 Å². The van der Waals surface area contributed by atoms with Crippen LogP contribution in [0.15, 0.2) is 42.5 Å². The maximum absolute atomic E-state index is 11.5. The van der Waals surface area contributed by atoms with Crippen molar-refractivity contribution in [3.8, 4) is 5.75 Å². The monoisotopic (exact) mass is 276 g/mol. The number of benzene rings is 2. The molecule has 98 valence electrons. The second kappa shape index (κ2) is 5.76. The SMILES string of the molecule is COC(=O)c1cc(Cc2ccc(Cl)cc2)ccc1O. The molecule has 2 aromatic carbocycles. The Morgan fingerprint density at radius 1 is 1.16 bits per heavy atom. The number of phenolic OH excluding ortho intramolecular Hbond substituents is 1. The number of aromatic hydroxyl groups is 1. The Kier molecular flexibility index (Phi) is 4.07. The Morgan fingerprint density at radius 3 is 2.42 bits per heavy atom. The molecular formula is C15H13ClO3. The molecule has 0 spiro atoms. The first kappa shape index (κ1) is 13.4. The quantitative estimate of drug-likeness (QED) is 0.874. The molecule has 0 fully saturated rings. The number of halogens is 1. The topological polar surface area (TPSA) is 46.5 Å². The van der Waals surface area contributed by atoms with Crippen LogP contribution in [0.4, 0.5) is 0 Å². The molecule has 0 unspecified atom stereocenters. The van der Waals surface area contributed by atoms with E-state index in [9.17, 15) is 9.90 Å². The van der Waals surface area contributed by atoms with Crippen molar-refractivity contribution in [1.82, 2.24) is 0 Å². The molecule has 0 atom stereocenters. The normalized spacial score (nSPS) is 10.2. The van der Waals surface area contributed by atoms with Crippen molar-refractivity contribution in [3.05, 3.63) is 64.2 Å². The van der Waals surface area contributed by atoms with Crippen LogP contribution in [0.5, 0.6) is 5.75 Å². The number of phenols is 1. The number of rotatable bonds is 3. The number of carbonyl (C=O) groups excluding carboxylic acids is 1. The van der Waals surface area contributed by atoms with Gasteiger partial charge in [0.2, 0.25) is 0 Å². The summed E-state index contributed by atoms with van der Waals surface area (Å²) in [4.78, 5) is 11.5. The molecule has 0 aliphatic rings. The molecule has 0 aromatic heterocycles. The Balaban J connectivity index is 2.26. The predicted octanol–water partition coefficient (Wildman–Crippen LogP) is 3.42. The van der Waals surface area contributed by atoms with Crippen LogP contribution in [0.3, 0.4) is 0 Å². The highest BCUT2D eigenvalue weighted by Crippen LogP contribution is 2.21. The second-order valence-corrected chi connectivity index (χ2v) is 4.58. The van der Waals surface area contributed by atoms with Crippen molar-refractivity contribution in [3.63, 3.8) is 0 Å². The lowest BCUT2D eigenvalue weighted by molar-refractivity contribution is 0.0597. The van der Waals surface area contributed by atoms with E-state index < -0.39 is 5.97 Å². The Hall–Kier alpha value is -2.00. The van der Waals surface area contributed by atoms with Crippen molar-refractivity contribution >= 4 is 17.6 Å². The van der Waals surface area contributed by atoms with Crippen LogP contribution >= 0.6 is 11.6 Å². The second-order valence-electron chi connectivity index (χ2n) is 4.15. The van der Waals surface area contributed by atoms with Gasteiger partial charge in [-0.05, 0) is 41.8 Å². The zero-order valence-corrected chi connectivity index (χ0v) is 11.1. The fourth-order valence-electron chi connectivity index (χ4n) is 1.80. The third kappa shape index (κ3) is 3.26. The van der Waals surface area contributed by atoms with Crippen LogP contribution in [0, 0.1) is 0 Å². The van der Waals surface area contributed by atoms with Gasteiger partial charge in [-0.2, -0.15) is 0 Å². The summed E-state index contributed by atoms with van der Waals surface area (Å²) >= 11 is 5.83. The molecular weight excluding hydrogens is 264 g/mol. The van der Waals surface area contributed by atoms with Gasteiger partial charge in [-0.1, -0.05) is 29.8 Å². The molecule has 0 heterocycles. The largest absolute Gasteiger partial charge is 0.507 e. The number of carbonyl (C=O) groups is 1. The summed E-state index contributed by atoms with van der Waals surface area (Å²) in [5.41, 5.74) is 2.17. The Bertz CT molecular complexity index is 591. The number of hydrogen-bond acceptors (Lipinski definition) is 3. The summed E-state index contributed by atoms with van der Waals surface area (Å²) in [5, 5.41) is 10.3. The highest BCUT2D eigenvalue weighted by atomic mass is 35.5. The van der Waals surface area contributed by atoms with Gasteiger partial charge in [-0.3, -0.25) is 0 Å². The van der Waals surface area contributed by atoms with Gasteiger partial charge in [0, 0.05) is 5.02 Å². The molecule has 0 aliphatic carbocycles. The summed E-state index contributed by atoms with van der Waals surface area (Å²) in [6.45, 7) is 0. The van der Waals surface area contributed by atoms with Gasteiger partial charge in [0.15, 0.2) is 0 Å². The average molecular weight is 277 g/mol. The van der Waals surface area contributed by atoms with Gasteiger partial charge in [-0.15, -0.1) is 0 Å². The summed E-state index contributed by atoms with van der Waals surface area (Å²) in [5.74, 6) is -0.623. The van der Waals surface area contributed by atoms with E-state index in [0.29, 0.717) is 11.4 Å². The third-order valence-electron chi connectivity index (χ3n) is 2.79. The van der Waals surface area contributed by atoms with Crippen LogP contribution in [-0.2, 0) is 11.2 Å². The molecule has 3 nitrogen and oxygen atoms in total. The lowest BCUT2D eigenvalue weighted by Crippen LogP contribution is -2.02. The number of hydrogen-bond donors (Lipinski definition) is 1. The molecule has 0 saturated heterocycles. The van der Waals surface area contributed by atoms with E-state index in [0.717, 1.165) is 11.1 Å². The lowest BCUT2D eigenvalue weighted by atomic mass is 10.0. The van der Waals surface area contributed by atoms with Gasteiger partial charge in [0.05, 0.1) is 7.11 Å². The van der Waals surface area contributed by atoms with Crippen molar-refractivity contribution < 1.29 is 14.6 Å². The van der Waals surface area contributed by atoms with Gasteiger partial charge < -0.3 is 9.84 Å².